The fourth-order valence-electron chi connectivity index (χ4n) is 1.21. The number of rotatable bonds is 5. The highest BCUT2D eigenvalue weighted by atomic mass is 127. The molecule has 4 heteroatoms. The number of halogens is 1. The Balaban J connectivity index is 3.11. The van der Waals surface area contributed by atoms with Crippen LogP contribution in [-0.2, 0) is 0 Å². The normalized spacial score (nSPS) is 12.0. The Bertz CT molecular complexity index is 377. The second-order valence-corrected chi connectivity index (χ2v) is 4.65. The van der Waals surface area contributed by atoms with Crippen molar-refractivity contribution in [1.29, 1.82) is 0 Å². The van der Waals surface area contributed by atoms with Crippen molar-refractivity contribution in [2.45, 2.75) is 26.4 Å². The minimum atomic E-state index is 0.129. The molecule has 3 nitrogen and oxygen atoms in total. The highest BCUT2D eigenvalue weighted by Gasteiger charge is 2.13. The van der Waals surface area contributed by atoms with Crippen molar-refractivity contribution in [2.24, 2.45) is 0 Å². The molecule has 0 unspecified atom stereocenters. The number of carbonyl (C=O) groups is 1. The van der Waals surface area contributed by atoms with Crippen LogP contribution in [0.25, 0.3) is 0 Å². The number of aldehydes is 1. The Morgan fingerprint density at radius 2 is 2.19 bits per heavy atom. The summed E-state index contributed by atoms with van der Waals surface area (Å²) in [5, 5.41) is 0. The summed E-state index contributed by atoms with van der Waals surface area (Å²) in [5.41, 5.74) is 0.595. The molecule has 0 saturated heterocycles. The van der Waals surface area contributed by atoms with Crippen LogP contribution in [-0.4, -0.2) is 19.5 Å². The molecule has 0 aliphatic carbocycles. The van der Waals surface area contributed by atoms with E-state index in [-0.39, 0.29) is 6.10 Å². The summed E-state index contributed by atoms with van der Waals surface area (Å²) in [6, 6.07) is 3.47. The first-order valence-corrected chi connectivity index (χ1v) is 6.19. The molecule has 16 heavy (non-hydrogen) atoms. The molecule has 0 aliphatic rings. The van der Waals surface area contributed by atoms with E-state index >= 15 is 0 Å². The molecule has 0 N–H and O–H groups in total. The summed E-state index contributed by atoms with van der Waals surface area (Å²) in [7, 11) is 1.57. The summed E-state index contributed by atoms with van der Waals surface area (Å²) in [5.74, 6) is 1.32. The van der Waals surface area contributed by atoms with Crippen LogP contribution in [0, 0.1) is 3.57 Å². The van der Waals surface area contributed by atoms with Crippen LogP contribution in [0.15, 0.2) is 12.1 Å². The van der Waals surface area contributed by atoms with Crippen LogP contribution in [0.3, 0.4) is 0 Å². The van der Waals surface area contributed by atoms with E-state index in [1.807, 2.05) is 6.92 Å². The van der Waals surface area contributed by atoms with Gasteiger partial charge in [0.2, 0.25) is 0 Å². The standard InChI is InChI=1S/C12H15IO3/c1-4-8(2)16-12-10(13)5-9(7-14)6-11(12)15-3/h5-8H,4H2,1-3H3/t8-/m0/s1. The first-order chi connectivity index (χ1) is 7.62. The Morgan fingerprint density at radius 3 is 2.69 bits per heavy atom. The van der Waals surface area contributed by atoms with Crippen molar-refractivity contribution in [3.63, 3.8) is 0 Å². The van der Waals surface area contributed by atoms with E-state index in [2.05, 4.69) is 29.5 Å². The number of ether oxygens (including phenoxy) is 2. The van der Waals surface area contributed by atoms with Crippen LogP contribution >= 0.6 is 22.6 Å². The number of methoxy groups -OCH3 is 1. The first-order valence-electron chi connectivity index (χ1n) is 5.11. The molecule has 1 atom stereocenters. The fourth-order valence-corrected chi connectivity index (χ4v) is 1.96. The van der Waals surface area contributed by atoms with Gasteiger partial charge in [-0.3, -0.25) is 4.79 Å². The number of hydrogen-bond donors (Lipinski definition) is 0. The molecule has 0 saturated carbocycles. The molecule has 0 radical (unpaired) electrons. The molecular formula is C12H15IO3. The predicted molar refractivity (Wildman–Crippen MR) is 71.5 cm³/mol. The van der Waals surface area contributed by atoms with Crippen molar-refractivity contribution < 1.29 is 14.3 Å². The summed E-state index contributed by atoms with van der Waals surface area (Å²) in [4.78, 5) is 10.7. The minimum Gasteiger partial charge on any atom is -0.493 e. The quantitative estimate of drug-likeness (QED) is 0.612. The second kappa shape index (κ2) is 6.08. The Kier molecular flexibility index (Phi) is 5.05. The molecule has 88 valence electrons. The molecule has 0 bridgehead atoms. The molecule has 1 aromatic rings. The van der Waals surface area contributed by atoms with Gasteiger partial charge in [-0.05, 0) is 48.1 Å². The average molecular weight is 334 g/mol. The zero-order chi connectivity index (χ0) is 12.1. The summed E-state index contributed by atoms with van der Waals surface area (Å²) >= 11 is 2.14. The van der Waals surface area contributed by atoms with Crippen LogP contribution in [0.4, 0.5) is 0 Å². The largest absolute Gasteiger partial charge is 0.493 e. The molecular weight excluding hydrogens is 319 g/mol. The SMILES string of the molecule is CC[C@H](C)Oc1c(I)cc(C=O)cc1OC. The Hall–Kier alpha value is -0.780. The summed E-state index contributed by atoms with van der Waals surface area (Å²) < 4.78 is 11.9. The summed E-state index contributed by atoms with van der Waals surface area (Å²) in [6.45, 7) is 4.06. The van der Waals surface area contributed by atoms with E-state index in [9.17, 15) is 4.79 Å². The first kappa shape index (κ1) is 13.3. The van der Waals surface area contributed by atoms with Gasteiger partial charge in [-0.25, -0.2) is 0 Å². The van der Waals surface area contributed by atoms with Gasteiger partial charge in [-0.2, -0.15) is 0 Å². The topological polar surface area (TPSA) is 35.5 Å². The molecule has 0 spiro atoms. The van der Waals surface area contributed by atoms with Gasteiger partial charge in [0.15, 0.2) is 11.5 Å². The van der Waals surface area contributed by atoms with E-state index in [0.717, 1.165) is 16.3 Å². The molecule has 0 aromatic heterocycles. The lowest BCUT2D eigenvalue weighted by atomic mass is 10.2. The van der Waals surface area contributed by atoms with Gasteiger partial charge in [-0.15, -0.1) is 0 Å². The van der Waals surface area contributed by atoms with Gasteiger partial charge in [0.05, 0.1) is 16.8 Å². The van der Waals surface area contributed by atoms with Gasteiger partial charge in [-0.1, -0.05) is 6.92 Å². The molecule has 0 fully saturated rings. The van der Waals surface area contributed by atoms with Gasteiger partial charge in [0, 0.05) is 5.56 Å². The van der Waals surface area contributed by atoms with Gasteiger partial charge in [0.1, 0.15) is 6.29 Å². The maximum absolute atomic E-state index is 10.7. The van der Waals surface area contributed by atoms with Crippen LogP contribution in [0.5, 0.6) is 11.5 Å². The smallest absolute Gasteiger partial charge is 0.174 e. The highest BCUT2D eigenvalue weighted by Crippen LogP contribution is 2.34. The molecule has 0 heterocycles. The Labute approximate surface area is 109 Å². The van der Waals surface area contributed by atoms with Crippen LogP contribution in [0.2, 0.25) is 0 Å². The van der Waals surface area contributed by atoms with Gasteiger partial charge in [0.25, 0.3) is 0 Å². The van der Waals surface area contributed by atoms with Crippen molar-refractivity contribution >= 4 is 28.9 Å². The second-order valence-electron chi connectivity index (χ2n) is 3.49. The van der Waals surface area contributed by atoms with E-state index in [0.29, 0.717) is 17.1 Å². The minimum absolute atomic E-state index is 0.129. The maximum Gasteiger partial charge on any atom is 0.174 e. The third kappa shape index (κ3) is 3.10. The summed E-state index contributed by atoms with van der Waals surface area (Å²) in [6.07, 6.45) is 1.86. The van der Waals surface area contributed by atoms with Crippen LogP contribution in [0.1, 0.15) is 30.6 Å². The van der Waals surface area contributed by atoms with Crippen molar-refractivity contribution in [3.05, 3.63) is 21.3 Å². The molecule has 0 aliphatic heterocycles. The third-order valence-electron chi connectivity index (χ3n) is 2.28. The van der Waals surface area contributed by atoms with Crippen molar-refractivity contribution in [1.82, 2.24) is 0 Å². The maximum atomic E-state index is 10.7. The van der Waals surface area contributed by atoms with E-state index in [1.54, 1.807) is 19.2 Å². The number of hydrogen-bond acceptors (Lipinski definition) is 3. The highest BCUT2D eigenvalue weighted by molar-refractivity contribution is 14.1. The third-order valence-corrected chi connectivity index (χ3v) is 3.08. The molecule has 0 amide bonds. The van der Waals surface area contributed by atoms with Crippen LogP contribution < -0.4 is 9.47 Å². The lowest BCUT2D eigenvalue weighted by Crippen LogP contribution is -2.11. The number of carbonyl (C=O) groups excluding carboxylic acids is 1. The average Bonchev–Trinajstić information content (AvgIpc) is 2.30. The Morgan fingerprint density at radius 1 is 1.50 bits per heavy atom. The molecule has 1 aromatic carbocycles. The lowest BCUT2D eigenvalue weighted by molar-refractivity contribution is 0.112. The lowest BCUT2D eigenvalue weighted by Gasteiger charge is -2.17. The van der Waals surface area contributed by atoms with Gasteiger partial charge >= 0.3 is 0 Å². The van der Waals surface area contributed by atoms with E-state index in [4.69, 9.17) is 9.47 Å². The van der Waals surface area contributed by atoms with E-state index in [1.165, 1.54) is 0 Å². The fraction of sp³-hybridized carbons (Fsp3) is 0.417. The van der Waals surface area contributed by atoms with E-state index < -0.39 is 0 Å². The number of benzene rings is 1. The predicted octanol–water partition coefficient (Wildman–Crippen LogP) is 3.29. The zero-order valence-electron chi connectivity index (χ0n) is 9.62. The molecule has 1 rings (SSSR count). The zero-order valence-corrected chi connectivity index (χ0v) is 11.8. The van der Waals surface area contributed by atoms with Gasteiger partial charge < -0.3 is 9.47 Å². The monoisotopic (exact) mass is 334 g/mol. The van der Waals surface area contributed by atoms with Crippen molar-refractivity contribution in [3.8, 4) is 11.5 Å². The van der Waals surface area contributed by atoms with Crippen molar-refractivity contribution in [2.75, 3.05) is 7.11 Å².